The molecular formula is C19H17N3O2. The first kappa shape index (κ1) is 14.7. The lowest BCUT2D eigenvalue weighted by Gasteiger charge is -2.09. The van der Waals surface area contributed by atoms with Crippen LogP contribution < -0.4 is 0 Å². The van der Waals surface area contributed by atoms with Crippen molar-refractivity contribution in [3.8, 4) is 22.3 Å². The topological polar surface area (TPSA) is 63.6 Å². The molecule has 1 N–H and O–H groups in total. The maximum atomic E-state index is 9.21. The Morgan fingerprint density at radius 2 is 1.92 bits per heavy atom. The maximum absolute atomic E-state index is 9.21. The zero-order valence-corrected chi connectivity index (χ0v) is 13.5. The highest BCUT2D eigenvalue weighted by Crippen LogP contribution is 2.34. The highest BCUT2D eigenvalue weighted by molar-refractivity contribution is 5.85. The lowest BCUT2D eigenvalue weighted by atomic mass is 9.99. The minimum atomic E-state index is 0.0468. The molecule has 0 unspecified atom stereocenters. The first-order valence-corrected chi connectivity index (χ1v) is 7.76. The number of nitrogens with zero attached hydrogens (tertiary/aromatic N) is 3. The highest BCUT2D eigenvalue weighted by atomic mass is 16.5. The van der Waals surface area contributed by atoms with Crippen LogP contribution in [0.3, 0.4) is 0 Å². The third kappa shape index (κ3) is 2.30. The van der Waals surface area contributed by atoms with Crippen LogP contribution >= 0.6 is 0 Å². The van der Waals surface area contributed by atoms with Crippen molar-refractivity contribution < 1.29 is 9.63 Å². The van der Waals surface area contributed by atoms with Gasteiger partial charge in [0.15, 0.2) is 0 Å². The molecule has 0 radical (unpaired) electrons. The smallest absolute Gasteiger partial charge is 0.141 e. The fourth-order valence-electron chi connectivity index (χ4n) is 3.06. The molecule has 3 heterocycles. The van der Waals surface area contributed by atoms with E-state index in [4.69, 9.17) is 4.52 Å². The van der Waals surface area contributed by atoms with Crippen molar-refractivity contribution in [2.24, 2.45) is 0 Å². The Bertz CT molecular complexity index is 993. The van der Waals surface area contributed by atoms with Crippen molar-refractivity contribution in [3.63, 3.8) is 0 Å². The lowest BCUT2D eigenvalue weighted by Crippen LogP contribution is -1.92. The summed E-state index contributed by atoms with van der Waals surface area (Å²) in [6.07, 6.45) is 5.69. The van der Waals surface area contributed by atoms with E-state index in [2.05, 4.69) is 22.4 Å². The van der Waals surface area contributed by atoms with Crippen LogP contribution in [0.4, 0.5) is 0 Å². The van der Waals surface area contributed by atoms with Crippen molar-refractivity contribution in [3.05, 3.63) is 66.1 Å². The Hall–Kier alpha value is -2.92. The van der Waals surface area contributed by atoms with Gasteiger partial charge in [-0.25, -0.2) is 4.98 Å². The first-order valence-electron chi connectivity index (χ1n) is 7.76. The Kier molecular flexibility index (Phi) is 3.43. The fourth-order valence-corrected chi connectivity index (χ4v) is 3.06. The quantitative estimate of drug-likeness (QED) is 0.624. The summed E-state index contributed by atoms with van der Waals surface area (Å²) in [6, 6.07) is 10.0. The fraction of sp³-hybridized carbons (Fsp3) is 0.158. The summed E-state index contributed by atoms with van der Waals surface area (Å²) in [7, 11) is 0. The van der Waals surface area contributed by atoms with E-state index in [9.17, 15) is 5.11 Å². The van der Waals surface area contributed by atoms with E-state index in [1.807, 2.05) is 48.7 Å². The molecule has 4 rings (SSSR count). The number of aliphatic hydroxyl groups is 1. The second kappa shape index (κ2) is 5.62. The zero-order valence-electron chi connectivity index (χ0n) is 13.5. The van der Waals surface area contributed by atoms with Crippen LogP contribution in [-0.2, 0) is 6.61 Å². The van der Waals surface area contributed by atoms with Gasteiger partial charge < -0.3 is 14.0 Å². The summed E-state index contributed by atoms with van der Waals surface area (Å²) in [6.45, 7) is 3.91. The van der Waals surface area contributed by atoms with E-state index in [0.717, 1.165) is 44.8 Å². The van der Waals surface area contributed by atoms with Gasteiger partial charge >= 0.3 is 0 Å². The van der Waals surface area contributed by atoms with E-state index in [-0.39, 0.29) is 6.61 Å². The number of benzene rings is 1. The number of fused-ring (bicyclic) bond motifs is 1. The van der Waals surface area contributed by atoms with Crippen molar-refractivity contribution in [2.75, 3.05) is 0 Å². The number of hydrogen-bond donors (Lipinski definition) is 1. The van der Waals surface area contributed by atoms with Gasteiger partial charge in [0.05, 0.1) is 30.3 Å². The molecule has 0 amide bonds. The summed E-state index contributed by atoms with van der Waals surface area (Å²) in [5.41, 5.74) is 6.98. The number of aryl methyl sites for hydroxylation is 2. The average molecular weight is 319 g/mol. The summed E-state index contributed by atoms with van der Waals surface area (Å²) in [5.74, 6) is 0.795. The van der Waals surface area contributed by atoms with E-state index >= 15 is 0 Å². The van der Waals surface area contributed by atoms with Crippen molar-refractivity contribution in [2.45, 2.75) is 20.5 Å². The van der Waals surface area contributed by atoms with Gasteiger partial charge in [0.2, 0.25) is 0 Å². The minimum Gasteiger partial charge on any atom is -0.392 e. The normalized spacial score (nSPS) is 11.3. The molecule has 5 heteroatoms. The van der Waals surface area contributed by atoms with E-state index < -0.39 is 0 Å². The summed E-state index contributed by atoms with van der Waals surface area (Å²) >= 11 is 0. The summed E-state index contributed by atoms with van der Waals surface area (Å²) < 4.78 is 7.35. The predicted octanol–water partition coefficient (Wildman–Crippen LogP) is 3.77. The average Bonchev–Trinajstić information content (AvgIpc) is 3.21. The van der Waals surface area contributed by atoms with Gasteiger partial charge in [0, 0.05) is 17.3 Å². The Labute approximate surface area is 139 Å². The van der Waals surface area contributed by atoms with Crippen LogP contribution in [0.5, 0.6) is 0 Å². The molecule has 24 heavy (non-hydrogen) atoms. The first-order chi connectivity index (χ1) is 11.7. The van der Waals surface area contributed by atoms with Crippen LogP contribution in [0, 0.1) is 13.8 Å². The molecule has 0 aliphatic rings. The second-order valence-corrected chi connectivity index (χ2v) is 5.88. The van der Waals surface area contributed by atoms with Crippen LogP contribution in [0.2, 0.25) is 0 Å². The van der Waals surface area contributed by atoms with Gasteiger partial charge in [-0.05, 0) is 36.6 Å². The molecule has 4 aromatic rings. The monoisotopic (exact) mass is 319 g/mol. The molecule has 120 valence electrons. The molecule has 0 saturated carbocycles. The molecule has 0 fully saturated rings. The largest absolute Gasteiger partial charge is 0.392 e. The van der Waals surface area contributed by atoms with Crippen molar-refractivity contribution in [1.29, 1.82) is 0 Å². The third-order valence-corrected chi connectivity index (χ3v) is 4.29. The van der Waals surface area contributed by atoms with Crippen molar-refractivity contribution >= 4 is 5.52 Å². The maximum Gasteiger partial charge on any atom is 0.141 e. The summed E-state index contributed by atoms with van der Waals surface area (Å²) in [4.78, 5) is 4.27. The Morgan fingerprint density at radius 1 is 1.12 bits per heavy atom. The van der Waals surface area contributed by atoms with E-state index in [1.165, 1.54) is 0 Å². The molecule has 5 nitrogen and oxygen atoms in total. The van der Waals surface area contributed by atoms with Crippen LogP contribution in [0.15, 0.2) is 53.6 Å². The molecule has 0 aliphatic carbocycles. The lowest BCUT2D eigenvalue weighted by molar-refractivity contribution is 0.282. The number of aromatic nitrogens is 3. The number of hydrogen-bond acceptors (Lipinski definition) is 4. The molecule has 0 aliphatic heterocycles. The number of rotatable bonds is 3. The van der Waals surface area contributed by atoms with Gasteiger partial charge in [-0.1, -0.05) is 29.4 Å². The van der Waals surface area contributed by atoms with Gasteiger partial charge in [-0.3, -0.25) is 0 Å². The molecule has 0 saturated heterocycles. The van der Waals surface area contributed by atoms with Crippen LogP contribution in [0.1, 0.15) is 17.0 Å². The standard InChI is InChI=1S/C19H17N3O2/c1-12-19(13(2)24-21-12)17-7-16(9-22-11-20-8-18(17)22)15-5-3-14(10-23)4-6-15/h3-9,11,23H,10H2,1-2H3. The number of imidazole rings is 1. The predicted molar refractivity (Wildman–Crippen MR) is 91.5 cm³/mol. The van der Waals surface area contributed by atoms with Gasteiger partial charge in [0.1, 0.15) is 5.76 Å². The van der Waals surface area contributed by atoms with E-state index in [1.54, 1.807) is 6.33 Å². The van der Waals surface area contributed by atoms with Gasteiger partial charge in [-0.15, -0.1) is 0 Å². The molecule has 0 spiro atoms. The number of aliphatic hydroxyl groups excluding tert-OH is 1. The molecular weight excluding hydrogens is 302 g/mol. The van der Waals surface area contributed by atoms with Crippen LogP contribution in [0.25, 0.3) is 27.8 Å². The Morgan fingerprint density at radius 3 is 2.58 bits per heavy atom. The Balaban J connectivity index is 1.95. The van der Waals surface area contributed by atoms with Gasteiger partial charge in [0.25, 0.3) is 0 Å². The summed E-state index contributed by atoms with van der Waals surface area (Å²) in [5, 5.41) is 13.3. The molecule has 0 bridgehead atoms. The van der Waals surface area contributed by atoms with Gasteiger partial charge in [-0.2, -0.15) is 0 Å². The molecule has 0 atom stereocenters. The van der Waals surface area contributed by atoms with Crippen molar-refractivity contribution in [1.82, 2.24) is 14.5 Å². The number of pyridine rings is 1. The third-order valence-electron chi connectivity index (χ3n) is 4.29. The highest BCUT2D eigenvalue weighted by Gasteiger charge is 2.16. The van der Waals surface area contributed by atoms with Crippen LogP contribution in [-0.4, -0.2) is 19.6 Å². The van der Waals surface area contributed by atoms with E-state index in [0.29, 0.717) is 0 Å². The molecule has 1 aromatic carbocycles. The minimum absolute atomic E-state index is 0.0468. The second-order valence-electron chi connectivity index (χ2n) is 5.88. The SMILES string of the molecule is Cc1noc(C)c1-c1cc(-c2ccc(CO)cc2)cn2cncc12. The molecule has 3 aromatic heterocycles. The zero-order chi connectivity index (χ0) is 16.7.